The highest BCUT2D eigenvalue weighted by Gasteiger charge is 2.19. The van der Waals surface area contributed by atoms with Gasteiger partial charge in [0.1, 0.15) is 6.04 Å². The SMILES string of the molecule is CCOC(=O)C(CSCCCOC)NC(C)C. The van der Waals surface area contributed by atoms with Crippen LogP contribution in [0.15, 0.2) is 0 Å². The van der Waals surface area contributed by atoms with Gasteiger partial charge in [-0.25, -0.2) is 0 Å². The van der Waals surface area contributed by atoms with Crippen molar-refractivity contribution in [2.45, 2.75) is 39.3 Å². The van der Waals surface area contributed by atoms with E-state index in [0.29, 0.717) is 6.61 Å². The van der Waals surface area contributed by atoms with Crippen molar-refractivity contribution in [1.29, 1.82) is 0 Å². The van der Waals surface area contributed by atoms with Crippen molar-refractivity contribution in [2.24, 2.45) is 0 Å². The van der Waals surface area contributed by atoms with Crippen LogP contribution in [-0.4, -0.2) is 49.9 Å². The standard InChI is InChI=1S/C12H25NO3S/c1-5-16-12(14)11(13-10(2)3)9-17-8-6-7-15-4/h10-11,13H,5-9H2,1-4H3. The summed E-state index contributed by atoms with van der Waals surface area (Å²) in [6.45, 7) is 7.10. The molecule has 0 rings (SSSR count). The molecular formula is C12H25NO3S. The van der Waals surface area contributed by atoms with E-state index in [0.717, 1.165) is 24.5 Å². The summed E-state index contributed by atoms with van der Waals surface area (Å²) in [5.74, 6) is 1.60. The van der Waals surface area contributed by atoms with Gasteiger partial charge in [0.2, 0.25) is 0 Å². The maximum Gasteiger partial charge on any atom is 0.323 e. The number of carbonyl (C=O) groups excluding carboxylic acids is 1. The Morgan fingerprint density at radius 3 is 2.65 bits per heavy atom. The monoisotopic (exact) mass is 263 g/mol. The number of hydrogen-bond acceptors (Lipinski definition) is 5. The van der Waals surface area contributed by atoms with Crippen molar-refractivity contribution in [3.8, 4) is 0 Å². The van der Waals surface area contributed by atoms with Gasteiger partial charge in [0.15, 0.2) is 0 Å². The normalized spacial score (nSPS) is 12.8. The van der Waals surface area contributed by atoms with Crippen LogP contribution >= 0.6 is 11.8 Å². The average Bonchev–Trinajstić information content (AvgIpc) is 2.27. The lowest BCUT2D eigenvalue weighted by Crippen LogP contribution is -2.43. The molecule has 0 bridgehead atoms. The van der Waals surface area contributed by atoms with Gasteiger partial charge >= 0.3 is 5.97 Å². The maximum absolute atomic E-state index is 11.7. The first-order chi connectivity index (χ1) is 8.11. The van der Waals surface area contributed by atoms with Gasteiger partial charge < -0.3 is 14.8 Å². The molecule has 0 radical (unpaired) electrons. The van der Waals surface area contributed by atoms with Crippen LogP contribution < -0.4 is 5.32 Å². The predicted molar refractivity (Wildman–Crippen MR) is 72.5 cm³/mol. The van der Waals surface area contributed by atoms with E-state index < -0.39 is 0 Å². The number of hydrogen-bond donors (Lipinski definition) is 1. The summed E-state index contributed by atoms with van der Waals surface area (Å²) in [6, 6.07) is 0.0754. The lowest BCUT2D eigenvalue weighted by molar-refractivity contribution is -0.145. The number of methoxy groups -OCH3 is 1. The van der Waals surface area contributed by atoms with E-state index >= 15 is 0 Å². The summed E-state index contributed by atoms with van der Waals surface area (Å²) in [5.41, 5.74) is 0. The number of carbonyl (C=O) groups is 1. The molecule has 0 aromatic carbocycles. The van der Waals surface area contributed by atoms with E-state index in [9.17, 15) is 4.79 Å². The molecule has 1 atom stereocenters. The Labute approximate surface area is 109 Å². The van der Waals surface area contributed by atoms with Crippen molar-refractivity contribution in [2.75, 3.05) is 31.8 Å². The van der Waals surface area contributed by atoms with Gasteiger partial charge in [-0.15, -0.1) is 0 Å². The fourth-order valence-corrected chi connectivity index (χ4v) is 2.29. The van der Waals surface area contributed by atoms with E-state index in [-0.39, 0.29) is 18.1 Å². The molecule has 0 fully saturated rings. The minimum Gasteiger partial charge on any atom is -0.465 e. The molecule has 5 heteroatoms. The number of nitrogens with one attached hydrogen (secondary N) is 1. The highest BCUT2D eigenvalue weighted by Crippen LogP contribution is 2.07. The van der Waals surface area contributed by atoms with Gasteiger partial charge in [0, 0.05) is 25.5 Å². The zero-order valence-electron chi connectivity index (χ0n) is 11.3. The van der Waals surface area contributed by atoms with Crippen LogP contribution in [0.2, 0.25) is 0 Å². The lowest BCUT2D eigenvalue weighted by Gasteiger charge is -2.19. The molecule has 102 valence electrons. The van der Waals surface area contributed by atoms with Crippen molar-refractivity contribution in [3.63, 3.8) is 0 Å². The number of rotatable bonds is 10. The van der Waals surface area contributed by atoms with Crippen LogP contribution in [0.3, 0.4) is 0 Å². The Morgan fingerprint density at radius 2 is 2.12 bits per heavy atom. The molecule has 0 aromatic rings. The Morgan fingerprint density at radius 1 is 1.41 bits per heavy atom. The highest BCUT2D eigenvalue weighted by atomic mass is 32.2. The molecule has 0 spiro atoms. The zero-order chi connectivity index (χ0) is 13.1. The van der Waals surface area contributed by atoms with Crippen LogP contribution in [-0.2, 0) is 14.3 Å². The van der Waals surface area contributed by atoms with Crippen LogP contribution in [0.4, 0.5) is 0 Å². The van der Waals surface area contributed by atoms with Gasteiger partial charge in [-0.2, -0.15) is 11.8 Å². The first-order valence-corrected chi connectivity index (χ1v) is 7.26. The Balaban J connectivity index is 3.89. The quantitative estimate of drug-likeness (QED) is 0.480. The molecular weight excluding hydrogens is 238 g/mol. The summed E-state index contributed by atoms with van der Waals surface area (Å²) in [7, 11) is 1.70. The fraction of sp³-hybridized carbons (Fsp3) is 0.917. The largest absolute Gasteiger partial charge is 0.465 e. The van der Waals surface area contributed by atoms with E-state index in [4.69, 9.17) is 9.47 Å². The summed E-state index contributed by atoms with van der Waals surface area (Å²) >= 11 is 1.75. The fourth-order valence-electron chi connectivity index (χ4n) is 1.34. The summed E-state index contributed by atoms with van der Waals surface area (Å²) in [6.07, 6.45) is 1.01. The highest BCUT2D eigenvalue weighted by molar-refractivity contribution is 7.99. The number of thioether (sulfide) groups is 1. The molecule has 0 aromatic heterocycles. The first kappa shape index (κ1) is 16.7. The van der Waals surface area contributed by atoms with Gasteiger partial charge in [-0.3, -0.25) is 4.79 Å². The second-order valence-electron chi connectivity index (χ2n) is 4.05. The molecule has 0 aliphatic carbocycles. The van der Waals surface area contributed by atoms with Gasteiger partial charge in [0.05, 0.1) is 6.61 Å². The summed E-state index contributed by atoms with van der Waals surface area (Å²) in [4.78, 5) is 11.7. The lowest BCUT2D eigenvalue weighted by atomic mass is 10.3. The van der Waals surface area contributed by atoms with Gasteiger partial charge in [0.25, 0.3) is 0 Å². The first-order valence-electron chi connectivity index (χ1n) is 6.11. The van der Waals surface area contributed by atoms with E-state index in [1.807, 2.05) is 20.8 Å². The third-order valence-corrected chi connectivity index (χ3v) is 3.17. The third kappa shape index (κ3) is 9.44. The second-order valence-corrected chi connectivity index (χ2v) is 5.20. The van der Waals surface area contributed by atoms with Crippen LogP contribution in [0.25, 0.3) is 0 Å². The molecule has 0 heterocycles. The minimum absolute atomic E-state index is 0.152. The molecule has 0 aliphatic heterocycles. The summed E-state index contributed by atoms with van der Waals surface area (Å²) in [5, 5.41) is 3.23. The second kappa shape index (κ2) is 10.9. The van der Waals surface area contributed by atoms with Crippen LogP contribution in [0.5, 0.6) is 0 Å². The molecule has 17 heavy (non-hydrogen) atoms. The van der Waals surface area contributed by atoms with E-state index in [1.54, 1.807) is 18.9 Å². The third-order valence-electron chi connectivity index (χ3n) is 2.03. The maximum atomic E-state index is 11.7. The Bertz CT molecular complexity index is 200. The van der Waals surface area contributed by atoms with E-state index in [1.165, 1.54) is 0 Å². The zero-order valence-corrected chi connectivity index (χ0v) is 12.1. The average molecular weight is 263 g/mol. The van der Waals surface area contributed by atoms with Crippen molar-refractivity contribution in [1.82, 2.24) is 5.32 Å². The molecule has 1 unspecified atom stereocenters. The molecule has 4 nitrogen and oxygen atoms in total. The van der Waals surface area contributed by atoms with Crippen LogP contribution in [0.1, 0.15) is 27.2 Å². The minimum atomic E-state index is -0.206. The van der Waals surface area contributed by atoms with Crippen LogP contribution in [0, 0.1) is 0 Å². The van der Waals surface area contributed by atoms with Crippen molar-refractivity contribution >= 4 is 17.7 Å². The predicted octanol–water partition coefficient (Wildman–Crippen LogP) is 1.69. The van der Waals surface area contributed by atoms with Crippen molar-refractivity contribution in [3.05, 3.63) is 0 Å². The molecule has 0 amide bonds. The van der Waals surface area contributed by atoms with Gasteiger partial charge in [-0.05, 0) is 19.1 Å². The summed E-state index contributed by atoms with van der Waals surface area (Å²) < 4.78 is 10.0. The topological polar surface area (TPSA) is 47.6 Å². The Kier molecular flexibility index (Phi) is 10.7. The number of esters is 1. The van der Waals surface area contributed by atoms with E-state index in [2.05, 4.69) is 5.32 Å². The molecule has 0 saturated heterocycles. The number of ether oxygens (including phenoxy) is 2. The van der Waals surface area contributed by atoms with Crippen molar-refractivity contribution < 1.29 is 14.3 Å². The molecule has 1 N–H and O–H groups in total. The molecule has 0 saturated carbocycles. The smallest absolute Gasteiger partial charge is 0.323 e. The Hall–Kier alpha value is -0.260. The molecule has 0 aliphatic rings. The van der Waals surface area contributed by atoms with Gasteiger partial charge in [-0.1, -0.05) is 13.8 Å².